The Balaban J connectivity index is 2.13. The highest BCUT2D eigenvalue weighted by atomic mass is 33.1. The quantitative estimate of drug-likeness (QED) is 0.513. The van der Waals surface area contributed by atoms with Gasteiger partial charge in [-0.25, -0.2) is 0 Å². The number of anilines is 2. The molecule has 0 aliphatic carbocycles. The predicted octanol–water partition coefficient (Wildman–Crippen LogP) is 3.47. The molecule has 0 saturated carbocycles. The molecule has 1 atom stereocenters. The Morgan fingerprint density at radius 1 is 1.00 bits per heavy atom. The smallest absolute Gasteiger partial charge is 0.168 e. The van der Waals surface area contributed by atoms with E-state index in [0.717, 1.165) is 16.9 Å². The number of aryl methyl sites for hydroxylation is 1. The molecule has 4 N–H and O–H groups in total. The van der Waals surface area contributed by atoms with Gasteiger partial charge in [-0.1, -0.05) is 0 Å². The fourth-order valence-electron chi connectivity index (χ4n) is 1.54. The average Bonchev–Trinajstić information content (AvgIpc) is 2.35. The number of hydrogen-bond acceptors (Lipinski definition) is 3. The van der Waals surface area contributed by atoms with Crippen molar-refractivity contribution in [2.24, 2.45) is 0 Å². The third-order valence-electron chi connectivity index (χ3n) is 2.67. The summed E-state index contributed by atoms with van der Waals surface area (Å²) >= 11 is 0. The number of nitrogens with two attached hydrogens (primary N) is 2. The molecule has 0 spiro atoms. The van der Waals surface area contributed by atoms with Crippen LogP contribution in [0.3, 0.4) is 0 Å². The summed E-state index contributed by atoms with van der Waals surface area (Å²) in [5.41, 5.74) is 14.3. The maximum absolute atomic E-state index is 5.84. The highest BCUT2D eigenvalue weighted by molar-refractivity contribution is 8.74. The van der Waals surface area contributed by atoms with E-state index >= 15 is 0 Å². The minimum Gasteiger partial charge on any atom is -0.399 e. The van der Waals surface area contributed by atoms with E-state index in [4.69, 9.17) is 11.5 Å². The topological polar surface area (TPSA) is 52.0 Å². The van der Waals surface area contributed by atoms with Gasteiger partial charge in [-0.15, -0.1) is 0 Å². The Kier molecular flexibility index (Phi) is 4.09. The minimum atomic E-state index is 0.111. The SMILES string of the molecule is Cc1cc([S+](C)Sc2ccc(N)cc2)ccc1N. The van der Waals surface area contributed by atoms with Crippen LogP contribution in [0.4, 0.5) is 11.4 Å². The van der Waals surface area contributed by atoms with Crippen LogP contribution in [0.15, 0.2) is 52.3 Å². The van der Waals surface area contributed by atoms with E-state index in [-0.39, 0.29) is 9.93 Å². The molecular formula is C14H17N2S2+. The van der Waals surface area contributed by atoms with Crippen LogP contribution in [0, 0.1) is 6.92 Å². The third-order valence-corrected chi connectivity index (χ3v) is 6.21. The first-order valence-electron chi connectivity index (χ1n) is 5.62. The number of hydrogen-bond donors (Lipinski definition) is 2. The summed E-state index contributed by atoms with van der Waals surface area (Å²) in [6, 6.07) is 14.3. The number of benzene rings is 2. The van der Waals surface area contributed by atoms with Gasteiger partial charge in [0.25, 0.3) is 0 Å². The largest absolute Gasteiger partial charge is 0.399 e. The van der Waals surface area contributed by atoms with Crippen molar-refractivity contribution in [2.75, 3.05) is 17.7 Å². The molecule has 2 nitrogen and oxygen atoms in total. The fraction of sp³-hybridized carbons (Fsp3) is 0.143. The van der Waals surface area contributed by atoms with E-state index in [1.165, 1.54) is 9.79 Å². The van der Waals surface area contributed by atoms with Crippen molar-refractivity contribution in [3.8, 4) is 0 Å². The van der Waals surface area contributed by atoms with E-state index in [2.05, 4.69) is 30.5 Å². The van der Waals surface area contributed by atoms with Gasteiger partial charge in [0.15, 0.2) is 4.90 Å². The lowest BCUT2D eigenvalue weighted by molar-refractivity contribution is 1.36. The van der Waals surface area contributed by atoms with Crippen LogP contribution in [0.25, 0.3) is 0 Å². The first kappa shape index (κ1) is 13.2. The molecule has 0 aliphatic heterocycles. The van der Waals surface area contributed by atoms with Crippen LogP contribution in [-0.2, 0) is 9.93 Å². The Hall–Kier alpha value is -1.26. The monoisotopic (exact) mass is 277 g/mol. The Labute approximate surface area is 115 Å². The summed E-state index contributed by atoms with van der Waals surface area (Å²) in [6.07, 6.45) is 2.23. The van der Waals surface area contributed by atoms with Crippen LogP contribution in [0.5, 0.6) is 0 Å². The van der Waals surface area contributed by atoms with E-state index in [0.29, 0.717) is 0 Å². The van der Waals surface area contributed by atoms with Crippen LogP contribution < -0.4 is 11.5 Å². The highest BCUT2D eigenvalue weighted by Gasteiger charge is 2.19. The Morgan fingerprint density at radius 3 is 2.28 bits per heavy atom. The van der Waals surface area contributed by atoms with Crippen molar-refractivity contribution in [3.05, 3.63) is 48.0 Å². The Morgan fingerprint density at radius 2 is 1.67 bits per heavy atom. The molecule has 0 saturated heterocycles. The van der Waals surface area contributed by atoms with Crippen molar-refractivity contribution in [2.45, 2.75) is 16.7 Å². The molecule has 18 heavy (non-hydrogen) atoms. The van der Waals surface area contributed by atoms with Crippen LogP contribution in [0.1, 0.15) is 5.56 Å². The van der Waals surface area contributed by atoms with Crippen LogP contribution in [0.2, 0.25) is 0 Å². The Bertz CT molecular complexity index is 538. The maximum Gasteiger partial charge on any atom is 0.168 e. The molecule has 0 fully saturated rings. The third kappa shape index (κ3) is 3.15. The molecule has 2 aromatic rings. The van der Waals surface area contributed by atoms with Crippen molar-refractivity contribution >= 4 is 32.1 Å². The van der Waals surface area contributed by atoms with E-state index in [1.54, 1.807) is 0 Å². The normalized spacial score (nSPS) is 12.3. The molecule has 2 aromatic carbocycles. The predicted molar refractivity (Wildman–Crippen MR) is 83.9 cm³/mol. The molecule has 1 unspecified atom stereocenters. The van der Waals surface area contributed by atoms with Crippen molar-refractivity contribution in [1.82, 2.24) is 0 Å². The van der Waals surface area contributed by atoms with Crippen molar-refractivity contribution in [3.63, 3.8) is 0 Å². The molecule has 2 rings (SSSR count). The lowest BCUT2D eigenvalue weighted by atomic mass is 10.2. The molecule has 0 bridgehead atoms. The van der Waals surface area contributed by atoms with Gasteiger partial charge in [0.2, 0.25) is 0 Å². The molecular weight excluding hydrogens is 260 g/mol. The van der Waals surface area contributed by atoms with E-state index < -0.39 is 0 Å². The zero-order valence-corrected chi connectivity index (χ0v) is 12.1. The maximum atomic E-state index is 5.84. The lowest BCUT2D eigenvalue weighted by Gasteiger charge is -2.04. The van der Waals surface area contributed by atoms with Gasteiger partial charge in [-0.05, 0) is 55.0 Å². The highest BCUT2D eigenvalue weighted by Crippen LogP contribution is 2.32. The molecule has 0 aromatic heterocycles. The first-order valence-corrected chi connectivity index (χ1v) is 8.59. The summed E-state index contributed by atoms with van der Waals surface area (Å²) in [4.78, 5) is 2.56. The minimum absolute atomic E-state index is 0.111. The first-order chi connectivity index (χ1) is 8.56. The van der Waals surface area contributed by atoms with Gasteiger partial charge in [0.05, 0.1) is 14.8 Å². The van der Waals surface area contributed by atoms with Gasteiger partial charge in [-0.3, -0.25) is 0 Å². The summed E-state index contributed by atoms with van der Waals surface area (Å²) in [5.74, 6) is 0. The van der Waals surface area contributed by atoms with Crippen LogP contribution in [-0.4, -0.2) is 6.26 Å². The summed E-state index contributed by atoms with van der Waals surface area (Å²) in [6.45, 7) is 2.05. The molecule has 0 amide bonds. The second-order valence-corrected chi connectivity index (χ2v) is 8.14. The van der Waals surface area contributed by atoms with Gasteiger partial charge in [0.1, 0.15) is 17.0 Å². The number of nitrogen functional groups attached to an aromatic ring is 2. The fourth-order valence-corrected chi connectivity index (χ4v) is 4.58. The van der Waals surface area contributed by atoms with Gasteiger partial charge in [-0.2, -0.15) is 0 Å². The van der Waals surface area contributed by atoms with Gasteiger partial charge < -0.3 is 11.5 Å². The lowest BCUT2D eigenvalue weighted by Crippen LogP contribution is -1.97. The average molecular weight is 277 g/mol. The summed E-state index contributed by atoms with van der Waals surface area (Å²) in [7, 11) is 1.96. The molecule has 0 heterocycles. The number of rotatable bonds is 3. The van der Waals surface area contributed by atoms with Gasteiger partial charge >= 0.3 is 0 Å². The van der Waals surface area contributed by atoms with Crippen molar-refractivity contribution < 1.29 is 0 Å². The molecule has 94 valence electrons. The van der Waals surface area contributed by atoms with Gasteiger partial charge in [0, 0.05) is 11.4 Å². The summed E-state index contributed by atoms with van der Waals surface area (Å²) < 4.78 is 0. The van der Waals surface area contributed by atoms with Crippen molar-refractivity contribution in [1.29, 1.82) is 0 Å². The zero-order chi connectivity index (χ0) is 13.1. The molecule has 0 aliphatic rings. The standard InChI is InChI=1S/C14H17N2S2/c1-10-9-13(7-8-14(10)16)18(2)17-12-5-3-11(15)4-6-12/h3-9H,15-16H2,1-2H3/q+1. The molecule has 4 heteroatoms. The summed E-state index contributed by atoms with van der Waals surface area (Å²) in [5, 5.41) is 0. The van der Waals surface area contributed by atoms with E-state index in [1.807, 2.05) is 35.9 Å². The van der Waals surface area contributed by atoms with Crippen LogP contribution >= 0.6 is 10.8 Å². The van der Waals surface area contributed by atoms with E-state index in [9.17, 15) is 0 Å². The second-order valence-electron chi connectivity index (χ2n) is 4.12. The second kappa shape index (κ2) is 5.59. The zero-order valence-electron chi connectivity index (χ0n) is 10.5. The molecule has 0 radical (unpaired) electrons.